The molecule has 1 aromatic heterocycles. The average molecular weight is 296 g/mol. The molecule has 1 saturated heterocycles. The Labute approximate surface area is 124 Å². The van der Waals surface area contributed by atoms with Crippen molar-refractivity contribution in [1.29, 1.82) is 0 Å². The molecule has 0 spiro atoms. The highest BCUT2D eigenvalue weighted by molar-refractivity contribution is 5.74. The molecule has 0 aromatic carbocycles. The first-order chi connectivity index (χ1) is 10.1. The summed E-state index contributed by atoms with van der Waals surface area (Å²) in [5, 5.41) is 15.8. The van der Waals surface area contributed by atoms with Gasteiger partial charge in [0.15, 0.2) is 0 Å². The van der Waals surface area contributed by atoms with E-state index in [1.165, 1.54) is 0 Å². The lowest BCUT2D eigenvalue weighted by atomic mass is 10.1. The van der Waals surface area contributed by atoms with Gasteiger partial charge in [0, 0.05) is 31.4 Å². The van der Waals surface area contributed by atoms with E-state index in [9.17, 15) is 9.90 Å². The Morgan fingerprint density at radius 3 is 2.76 bits per heavy atom. The minimum absolute atomic E-state index is 0.183. The normalized spacial score (nSPS) is 17.5. The predicted molar refractivity (Wildman–Crippen MR) is 78.1 cm³/mol. The molecule has 1 atom stereocenters. The molecule has 118 valence electrons. The molecule has 1 aliphatic rings. The summed E-state index contributed by atoms with van der Waals surface area (Å²) >= 11 is 0. The molecule has 6 nitrogen and oxygen atoms in total. The Balaban J connectivity index is 1.68. The number of rotatable bonds is 5. The Bertz CT molecular complexity index is 466. The van der Waals surface area contributed by atoms with Gasteiger partial charge in [0.05, 0.1) is 6.10 Å². The van der Waals surface area contributed by atoms with Crippen LogP contribution in [0.2, 0.25) is 0 Å². The van der Waals surface area contributed by atoms with Crippen molar-refractivity contribution in [2.45, 2.75) is 45.3 Å². The van der Waals surface area contributed by atoms with Gasteiger partial charge in [-0.3, -0.25) is 0 Å². The fraction of sp³-hybridized carbons (Fsp3) is 0.667. The highest BCUT2D eigenvalue weighted by Gasteiger charge is 2.17. The third-order valence-electron chi connectivity index (χ3n) is 3.70. The number of ether oxygens (including phenoxy) is 1. The van der Waals surface area contributed by atoms with E-state index in [1.54, 1.807) is 0 Å². The van der Waals surface area contributed by atoms with Crippen molar-refractivity contribution >= 4 is 6.03 Å². The van der Waals surface area contributed by atoms with E-state index in [4.69, 9.17) is 9.15 Å². The van der Waals surface area contributed by atoms with E-state index in [0.717, 1.165) is 29.9 Å². The zero-order chi connectivity index (χ0) is 15.2. The molecule has 2 amide bonds. The number of hydrogen-bond donors (Lipinski definition) is 3. The number of furan rings is 1. The second kappa shape index (κ2) is 7.47. The predicted octanol–water partition coefficient (Wildman–Crippen LogP) is 1.80. The summed E-state index contributed by atoms with van der Waals surface area (Å²) in [4.78, 5) is 11.7. The summed E-state index contributed by atoms with van der Waals surface area (Å²) < 4.78 is 10.6. The largest absolute Gasteiger partial charge is 0.466 e. The smallest absolute Gasteiger partial charge is 0.315 e. The van der Waals surface area contributed by atoms with Gasteiger partial charge in [0.2, 0.25) is 0 Å². The summed E-state index contributed by atoms with van der Waals surface area (Å²) in [6.07, 6.45) is 1.54. The van der Waals surface area contributed by atoms with Crippen molar-refractivity contribution < 1.29 is 19.1 Å². The van der Waals surface area contributed by atoms with Crippen LogP contribution in [0.3, 0.4) is 0 Å². The second-order valence-corrected chi connectivity index (χ2v) is 5.46. The molecule has 1 unspecified atom stereocenters. The van der Waals surface area contributed by atoms with Crippen LogP contribution < -0.4 is 10.6 Å². The number of aliphatic hydroxyl groups is 1. The van der Waals surface area contributed by atoms with Crippen LogP contribution in [0.1, 0.15) is 42.5 Å². The van der Waals surface area contributed by atoms with Gasteiger partial charge in [0.25, 0.3) is 0 Å². The monoisotopic (exact) mass is 296 g/mol. The Morgan fingerprint density at radius 2 is 2.14 bits per heavy atom. The summed E-state index contributed by atoms with van der Waals surface area (Å²) in [5.41, 5.74) is 0.791. The first-order valence-electron chi connectivity index (χ1n) is 7.43. The van der Waals surface area contributed by atoms with Crippen LogP contribution in [0.4, 0.5) is 4.79 Å². The van der Waals surface area contributed by atoms with Crippen molar-refractivity contribution in [3.05, 3.63) is 23.2 Å². The summed E-state index contributed by atoms with van der Waals surface area (Å²) in [7, 11) is 0. The Kier molecular flexibility index (Phi) is 5.64. The standard InChI is InChI=1S/C15H24N2O4/c1-10-9-13(11(2)21-10)14(18)3-6-16-15(19)17-12-4-7-20-8-5-12/h9,12,14,18H,3-8H2,1-2H3,(H2,16,17,19). The van der Waals surface area contributed by atoms with Gasteiger partial charge in [-0.05, 0) is 39.2 Å². The lowest BCUT2D eigenvalue weighted by Crippen LogP contribution is -2.44. The molecule has 1 aliphatic heterocycles. The van der Waals surface area contributed by atoms with Gasteiger partial charge in [-0.25, -0.2) is 4.79 Å². The van der Waals surface area contributed by atoms with Gasteiger partial charge in [-0.15, -0.1) is 0 Å². The Hall–Kier alpha value is -1.53. The molecular formula is C15H24N2O4. The topological polar surface area (TPSA) is 83.7 Å². The molecule has 21 heavy (non-hydrogen) atoms. The number of urea groups is 1. The summed E-state index contributed by atoms with van der Waals surface area (Å²) in [6.45, 7) is 5.49. The minimum atomic E-state index is -0.620. The van der Waals surface area contributed by atoms with E-state index >= 15 is 0 Å². The molecule has 6 heteroatoms. The van der Waals surface area contributed by atoms with Crippen molar-refractivity contribution in [1.82, 2.24) is 10.6 Å². The van der Waals surface area contributed by atoms with Crippen LogP contribution in [0.25, 0.3) is 0 Å². The first-order valence-corrected chi connectivity index (χ1v) is 7.43. The van der Waals surface area contributed by atoms with E-state index in [0.29, 0.717) is 26.2 Å². The first kappa shape index (κ1) is 15.9. The van der Waals surface area contributed by atoms with E-state index < -0.39 is 6.10 Å². The van der Waals surface area contributed by atoms with Gasteiger partial charge in [-0.1, -0.05) is 0 Å². The molecule has 1 fully saturated rings. The zero-order valence-corrected chi connectivity index (χ0v) is 12.6. The highest BCUT2D eigenvalue weighted by Crippen LogP contribution is 2.23. The molecule has 2 heterocycles. The lowest BCUT2D eigenvalue weighted by Gasteiger charge is -2.23. The van der Waals surface area contributed by atoms with Gasteiger partial charge in [-0.2, -0.15) is 0 Å². The molecule has 2 rings (SSSR count). The number of aryl methyl sites for hydroxylation is 2. The van der Waals surface area contributed by atoms with Crippen molar-refractivity contribution in [2.75, 3.05) is 19.8 Å². The average Bonchev–Trinajstić information content (AvgIpc) is 2.79. The quantitative estimate of drug-likeness (QED) is 0.773. The third kappa shape index (κ3) is 4.75. The number of aliphatic hydroxyl groups excluding tert-OH is 1. The van der Waals surface area contributed by atoms with E-state index in [2.05, 4.69) is 10.6 Å². The van der Waals surface area contributed by atoms with Crippen LogP contribution in [0, 0.1) is 13.8 Å². The van der Waals surface area contributed by atoms with Crippen molar-refractivity contribution in [3.63, 3.8) is 0 Å². The van der Waals surface area contributed by atoms with Gasteiger partial charge in [0.1, 0.15) is 11.5 Å². The van der Waals surface area contributed by atoms with E-state index in [1.807, 2.05) is 19.9 Å². The van der Waals surface area contributed by atoms with E-state index in [-0.39, 0.29) is 12.1 Å². The molecular weight excluding hydrogens is 272 g/mol. The molecule has 0 saturated carbocycles. The fourth-order valence-electron chi connectivity index (χ4n) is 2.54. The molecule has 0 aliphatic carbocycles. The van der Waals surface area contributed by atoms with Crippen LogP contribution in [-0.2, 0) is 4.74 Å². The molecule has 3 N–H and O–H groups in total. The maximum atomic E-state index is 11.7. The third-order valence-corrected chi connectivity index (χ3v) is 3.70. The van der Waals surface area contributed by atoms with Crippen LogP contribution in [0.15, 0.2) is 10.5 Å². The Morgan fingerprint density at radius 1 is 1.43 bits per heavy atom. The maximum Gasteiger partial charge on any atom is 0.315 e. The summed E-state index contributed by atoms with van der Waals surface area (Å²) in [6, 6.07) is 1.83. The number of nitrogens with one attached hydrogen (secondary N) is 2. The maximum absolute atomic E-state index is 11.7. The SMILES string of the molecule is Cc1cc(C(O)CCNC(=O)NC2CCOCC2)c(C)o1. The zero-order valence-electron chi connectivity index (χ0n) is 12.6. The number of carbonyl (C=O) groups excluding carboxylic acids is 1. The van der Waals surface area contributed by atoms with Gasteiger partial charge >= 0.3 is 6.03 Å². The van der Waals surface area contributed by atoms with Crippen LogP contribution >= 0.6 is 0 Å². The molecule has 0 bridgehead atoms. The highest BCUT2D eigenvalue weighted by atomic mass is 16.5. The molecule has 1 aromatic rings. The van der Waals surface area contributed by atoms with Crippen LogP contribution in [0.5, 0.6) is 0 Å². The number of amides is 2. The van der Waals surface area contributed by atoms with Crippen molar-refractivity contribution in [2.24, 2.45) is 0 Å². The summed E-state index contributed by atoms with van der Waals surface area (Å²) in [5.74, 6) is 1.51. The number of carbonyl (C=O) groups is 1. The fourth-order valence-corrected chi connectivity index (χ4v) is 2.54. The van der Waals surface area contributed by atoms with Crippen molar-refractivity contribution in [3.8, 4) is 0 Å². The van der Waals surface area contributed by atoms with Crippen LogP contribution in [-0.4, -0.2) is 36.9 Å². The number of hydrogen-bond acceptors (Lipinski definition) is 4. The van der Waals surface area contributed by atoms with Gasteiger partial charge < -0.3 is 24.9 Å². The molecule has 0 radical (unpaired) electrons. The second-order valence-electron chi connectivity index (χ2n) is 5.46. The lowest BCUT2D eigenvalue weighted by molar-refractivity contribution is 0.0800. The minimum Gasteiger partial charge on any atom is -0.466 e.